The Hall–Kier alpha value is -1.15. The van der Waals surface area contributed by atoms with Gasteiger partial charge in [-0.1, -0.05) is 29.8 Å². The van der Waals surface area contributed by atoms with E-state index in [0.29, 0.717) is 11.7 Å². The van der Waals surface area contributed by atoms with Gasteiger partial charge in [0.15, 0.2) is 0 Å². The summed E-state index contributed by atoms with van der Waals surface area (Å²) >= 11 is 0. The summed E-state index contributed by atoms with van der Waals surface area (Å²) in [6.45, 7) is 5.53. The van der Waals surface area contributed by atoms with Gasteiger partial charge in [0.05, 0.1) is 0 Å². The second-order valence-corrected chi connectivity index (χ2v) is 4.39. The first-order chi connectivity index (χ1) is 7.18. The van der Waals surface area contributed by atoms with Crippen LogP contribution in [0.15, 0.2) is 24.3 Å². The second kappa shape index (κ2) is 4.15. The van der Waals surface area contributed by atoms with Crippen LogP contribution in [0.4, 0.5) is 0 Å². The minimum absolute atomic E-state index is 0.160. The van der Waals surface area contributed by atoms with Crippen molar-refractivity contribution < 1.29 is 4.79 Å². The number of benzene rings is 1. The van der Waals surface area contributed by atoms with Crippen LogP contribution in [0, 0.1) is 12.8 Å². The van der Waals surface area contributed by atoms with Crippen molar-refractivity contribution in [3.8, 4) is 0 Å². The minimum Gasteiger partial charge on any atom is -0.315 e. The highest BCUT2D eigenvalue weighted by atomic mass is 16.1. The second-order valence-electron chi connectivity index (χ2n) is 4.39. The van der Waals surface area contributed by atoms with Gasteiger partial charge in [0.2, 0.25) is 0 Å². The molecule has 1 aromatic rings. The Labute approximate surface area is 90.7 Å². The first kappa shape index (κ1) is 10.4. The predicted molar refractivity (Wildman–Crippen MR) is 61.0 cm³/mol. The third kappa shape index (κ3) is 2.10. The maximum atomic E-state index is 11.5. The molecule has 1 aliphatic heterocycles. The Morgan fingerprint density at radius 2 is 1.93 bits per heavy atom. The Bertz CT molecular complexity index is 355. The number of hydrogen-bond acceptors (Lipinski definition) is 2. The molecule has 15 heavy (non-hydrogen) atoms. The number of hydrogen-bond donors (Lipinski definition) is 1. The molecule has 0 aliphatic carbocycles. The molecule has 2 unspecified atom stereocenters. The Morgan fingerprint density at radius 1 is 1.27 bits per heavy atom. The summed E-state index contributed by atoms with van der Waals surface area (Å²) in [4.78, 5) is 11.5. The third-order valence-electron chi connectivity index (χ3n) is 3.24. The van der Waals surface area contributed by atoms with Crippen LogP contribution in [0.5, 0.6) is 0 Å². The number of aryl methyl sites for hydroxylation is 1. The molecule has 2 nitrogen and oxygen atoms in total. The van der Waals surface area contributed by atoms with Crippen molar-refractivity contribution in [2.45, 2.75) is 19.8 Å². The molecule has 1 N–H and O–H groups in total. The lowest BCUT2D eigenvalue weighted by Crippen LogP contribution is -2.18. The van der Waals surface area contributed by atoms with E-state index in [-0.39, 0.29) is 5.92 Å². The summed E-state index contributed by atoms with van der Waals surface area (Å²) in [5.41, 5.74) is 2.55. The average molecular weight is 203 g/mol. The smallest absolute Gasteiger partial charge is 0.134 e. The van der Waals surface area contributed by atoms with Gasteiger partial charge in [-0.2, -0.15) is 0 Å². The highest BCUT2D eigenvalue weighted by Gasteiger charge is 2.31. The molecular weight excluding hydrogens is 186 g/mol. The SMILES string of the molecule is CC(=O)C1CNCC1c1ccc(C)cc1. The summed E-state index contributed by atoms with van der Waals surface area (Å²) in [6.07, 6.45) is 0. The molecular formula is C13H17NO. The van der Waals surface area contributed by atoms with Crippen LogP contribution in [-0.2, 0) is 4.79 Å². The largest absolute Gasteiger partial charge is 0.315 e. The molecule has 0 saturated carbocycles. The number of Topliss-reactive ketones (excluding diaryl/α,β-unsaturated/α-hetero) is 1. The number of nitrogens with one attached hydrogen (secondary N) is 1. The molecule has 0 bridgehead atoms. The molecule has 0 radical (unpaired) electrons. The third-order valence-corrected chi connectivity index (χ3v) is 3.24. The van der Waals surface area contributed by atoms with Crippen LogP contribution >= 0.6 is 0 Å². The lowest BCUT2D eigenvalue weighted by Gasteiger charge is -2.16. The monoisotopic (exact) mass is 203 g/mol. The zero-order valence-electron chi connectivity index (χ0n) is 9.29. The standard InChI is InChI=1S/C13H17NO/c1-9-3-5-11(6-4-9)13-8-14-7-12(13)10(2)15/h3-6,12-14H,7-8H2,1-2H3. The van der Waals surface area contributed by atoms with Crippen molar-refractivity contribution in [2.24, 2.45) is 5.92 Å². The summed E-state index contributed by atoms with van der Waals surface area (Å²) < 4.78 is 0. The van der Waals surface area contributed by atoms with Gasteiger partial charge in [0.25, 0.3) is 0 Å². The van der Waals surface area contributed by atoms with Gasteiger partial charge in [-0.25, -0.2) is 0 Å². The van der Waals surface area contributed by atoms with E-state index in [2.05, 4.69) is 36.5 Å². The zero-order valence-corrected chi connectivity index (χ0v) is 9.29. The lowest BCUT2D eigenvalue weighted by atomic mass is 9.86. The molecule has 1 fully saturated rings. The number of rotatable bonds is 2. The highest BCUT2D eigenvalue weighted by molar-refractivity contribution is 5.80. The molecule has 0 spiro atoms. The summed E-state index contributed by atoms with van der Waals surface area (Å²) in [6, 6.07) is 8.52. The van der Waals surface area contributed by atoms with Gasteiger partial charge in [-0.3, -0.25) is 4.79 Å². The lowest BCUT2D eigenvalue weighted by molar-refractivity contribution is -0.120. The molecule has 1 heterocycles. The summed E-state index contributed by atoms with van der Waals surface area (Å²) in [5, 5.41) is 3.30. The average Bonchev–Trinajstić information content (AvgIpc) is 2.67. The van der Waals surface area contributed by atoms with Gasteiger partial charge in [-0.15, -0.1) is 0 Å². The molecule has 2 heteroatoms. The van der Waals surface area contributed by atoms with Crippen LogP contribution in [0.3, 0.4) is 0 Å². The zero-order chi connectivity index (χ0) is 10.8. The van der Waals surface area contributed by atoms with Gasteiger partial charge < -0.3 is 5.32 Å². The van der Waals surface area contributed by atoms with Crippen molar-refractivity contribution in [3.63, 3.8) is 0 Å². The van der Waals surface area contributed by atoms with Crippen LogP contribution in [0.2, 0.25) is 0 Å². The van der Waals surface area contributed by atoms with Crippen molar-refractivity contribution in [1.29, 1.82) is 0 Å². The quantitative estimate of drug-likeness (QED) is 0.795. The van der Waals surface area contributed by atoms with Crippen LogP contribution in [0.1, 0.15) is 24.0 Å². The number of carbonyl (C=O) groups excluding carboxylic acids is 1. The molecule has 0 amide bonds. The van der Waals surface area contributed by atoms with Crippen LogP contribution < -0.4 is 5.32 Å². The fraction of sp³-hybridized carbons (Fsp3) is 0.462. The van der Waals surface area contributed by atoms with E-state index in [1.165, 1.54) is 11.1 Å². The van der Waals surface area contributed by atoms with E-state index >= 15 is 0 Å². The van der Waals surface area contributed by atoms with Gasteiger partial charge in [-0.05, 0) is 19.4 Å². The van der Waals surface area contributed by atoms with E-state index in [1.54, 1.807) is 6.92 Å². The first-order valence-corrected chi connectivity index (χ1v) is 5.46. The van der Waals surface area contributed by atoms with E-state index < -0.39 is 0 Å². The van der Waals surface area contributed by atoms with E-state index in [9.17, 15) is 4.79 Å². The fourth-order valence-corrected chi connectivity index (χ4v) is 2.27. The van der Waals surface area contributed by atoms with Crippen molar-refractivity contribution in [1.82, 2.24) is 5.32 Å². The predicted octanol–water partition coefficient (Wildman–Crippen LogP) is 1.89. The molecule has 1 aliphatic rings. The molecule has 2 rings (SSSR count). The van der Waals surface area contributed by atoms with E-state index in [4.69, 9.17) is 0 Å². The Balaban J connectivity index is 2.22. The van der Waals surface area contributed by atoms with E-state index in [0.717, 1.165) is 13.1 Å². The van der Waals surface area contributed by atoms with Crippen LogP contribution in [0.25, 0.3) is 0 Å². The van der Waals surface area contributed by atoms with Gasteiger partial charge in [0.1, 0.15) is 5.78 Å². The molecule has 1 aromatic carbocycles. The van der Waals surface area contributed by atoms with Crippen molar-refractivity contribution in [3.05, 3.63) is 35.4 Å². The first-order valence-electron chi connectivity index (χ1n) is 5.46. The maximum Gasteiger partial charge on any atom is 0.134 e. The normalized spacial score (nSPS) is 25.5. The Morgan fingerprint density at radius 3 is 2.53 bits per heavy atom. The number of carbonyl (C=O) groups is 1. The molecule has 2 atom stereocenters. The summed E-state index contributed by atoms with van der Waals surface area (Å²) in [7, 11) is 0. The maximum absolute atomic E-state index is 11.5. The Kier molecular flexibility index (Phi) is 2.87. The summed E-state index contributed by atoms with van der Waals surface area (Å²) in [5.74, 6) is 0.821. The molecule has 0 aromatic heterocycles. The minimum atomic E-state index is 0.160. The van der Waals surface area contributed by atoms with Gasteiger partial charge >= 0.3 is 0 Å². The highest BCUT2D eigenvalue weighted by Crippen LogP contribution is 2.28. The van der Waals surface area contributed by atoms with Gasteiger partial charge in [0, 0.05) is 24.9 Å². The fourth-order valence-electron chi connectivity index (χ4n) is 2.27. The van der Waals surface area contributed by atoms with Crippen molar-refractivity contribution in [2.75, 3.05) is 13.1 Å². The van der Waals surface area contributed by atoms with E-state index in [1.807, 2.05) is 0 Å². The topological polar surface area (TPSA) is 29.1 Å². The molecule has 80 valence electrons. The van der Waals surface area contributed by atoms with Crippen LogP contribution in [-0.4, -0.2) is 18.9 Å². The van der Waals surface area contributed by atoms with Crippen molar-refractivity contribution >= 4 is 5.78 Å². The molecule has 1 saturated heterocycles. The number of ketones is 1.